The van der Waals surface area contributed by atoms with Gasteiger partial charge in [0.15, 0.2) is 0 Å². The molecule has 19 heteroatoms. The highest BCUT2D eigenvalue weighted by Gasteiger charge is 2.36. The molecule has 0 saturated carbocycles. The van der Waals surface area contributed by atoms with Gasteiger partial charge in [0.1, 0.15) is 47.5 Å². The first-order valence-corrected chi connectivity index (χ1v) is 26.7. The summed E-state index contributed by atoms with van der Waals surface area (Å²) in [7, 11) is 0. The van der Waals surface area contributed by atoms with Crippen molar-refractivity contribution in [3.63, 3.8) is 0 Å². The number of hydrogen-bond acceptors (Lipinski definition) is 12. The van der Waals surface area contributed by atoms with E-state index in [4.69, 9.17) is 15.2 Å². The Kier molecular flexibility index (Phi) is 22.9. The quantitative estimate of drug-likeness (QED) is 0.0224. The zero-order valence-electron chi connectivity index (χ0n) is 43.8. The molecular weight excluding hydrogens is 959 g/mol. The van der Waals surface area contributed by atoms with Gasteiger partial charge in [-0.3, -0.25) is 28.8 Å². The molecule has 404 valence electrons. The lowest BCUT2D eigenvalue weighted by molar-refractivity contribution is -0.142. The fourth-order valence-corrected chi connectivity index (χ4v) is 10.5. The van der Waals surface area contributed by atoms with E-state index in [0.29, 0.717) is 45.7 Å². The third-order valence-corrected chi connectivity index (χ3v) is 15.3. The predicted octanol–water partition coefficient (Wildman–Crippen LogP) is 7.41. The van der Waals surface area contributed by atoms with Gasteiger partial charge in [0.05, 0.1) is 11.7 Å². The number of phenols is 1. The highest BCUT2D eigenvalue weighted by Crippen LogP contribution is 2.45. The molecule has 7 atom stereocenters. The molecular formula is C54H79N5O13S. The molecule has 2 aromatic carbocycles. The van der Waals surface area contributed by atoms with Gasteiger partial charge in [-0.1, -0.05) is 72.6 Å². The zero-order valence-corrected chi connectivity index (χ0v) is 44.6. The number of fused-ring (bicyclic) bond motifs is 2. The highest BCUT2D eigenvalue weighted by molar-refractivity contribution is 8.00. The Morgan fingerprint density at radius 3 is 2.12 bits per heavy atom. The minimum absolute atomic E-state index is 0.0577. The standard InChI is InChI=1S/C54H79N5O13S/c1-30(2)12-9-13-31(3)14-10-15-32(4)16-11-22-54(8)23-21-38-35(7)48(33(5)34(6)49(38)72-54)71-47(64)26-44(51(66)59-42(53(69)70)24-36-27-56-41-19-17-37(60)25-39(36)41)73-29-43(50(65)57-28-46(62)63)58-45(61)20-18-40(55)52(67)68/h17,19,25,27,30-32,40,42-44,56,60H,9-16,18,20-24,26,28-29,55H2,1-8H3,(H,57,65)(H,58,61)(H,59,66)(H,62,63)(H,67,68)(H,69,70)/t31-,32-,40?,42?,43?,44?,54-/m1/s1. The number of phenolic OH excluding ortho intramolecular Hbond substituents is 1. The molecule has 3 amide bonds. The lowest BCUT2D eigenvalue weighted by Gasteiger charge is -2.38. The van der Waals surface area contributed by atoms with Crippen LogP contribution >= 0.6 is 11.8 Å². The Hall–Kier alpha value is -5.82. The van der Waals surface area contributed by atoms with Crippen LogP contribution in [0.3, 0.4) is 0 Å². The van der Waals surface area contributed by atoms with E-state index in [9.17, 15) is 54.0 Å². The van der Waals surface area contributed by atoms with E-state index in [1.807, 2.05) is 20.8 Å². The number of carboxylic acids is 3. The number of aliphatic carboxylic acids is 3. The number of aromatic hydroxyl groups is 1. The molecule has 0 spiro atoms. The van der Waals surface area contributed by atoms with Crippen molar-refractivity contribution in [2.45, 2.75) is 181 Å². The van der Waals surface area contributed by atoms with Gasteiger partial charge in [0, 0.05) is 41.3 Å². The molecule has 1 aliphatic heterocycles. The van der Waals surface area contributed by atoms with Crippen molar-refractivity contribution in [1.82, 2.24) is 20.9 Å². The molecule has 1 aromatic heterocycles. The molecule has 2 heterocycles. The monoisotopic (exact) mass is 1040 g/mol. The smallest absolute Gasteiger partial charge is 0.326 e. The molecule has 4 unspecified atom stereocenters. The first kappa shape index (κ1) is 59.7. The van der Waals surface area contributed by atoms with Crippen LogP contribution in [0.1, 0.15) is 146 Å². The number of hydrogen-bond donors (Lipinski definition) is 9. The van der Waals surface area contributed by atoms with Crippen molar-refractivity contribution in [2.24, 2.45) is 23.5 Å². The summed E-state index contributed by atoms with van der Waals surface area (Å²) < 4.78 is 12.9. The van der Waals surface area contributed by atoms with Crippen LogP contribution in [-0.2, 0) is 46.4 Å². The van der Waals surface area contributed by atoms with Gasteiger partial charge in [0.25, 0.3) is 0 Å². The number of nitrogens with two attached hydrogens (primary N) is 1. The second-order valence-corrected chi connectivity index (χ2v) is 22.0. The number of benzene rings is 2. The number of H-pyrrole nitrogens is 1. The molecule has 1 aliphatic rings. The number of ether oxygens (including phenoxy) is 2. The number of rotatable bonds is 31. The van der Waals surface area contributed by atoms with Gasteiger partial charge in [-0.15, -0.1) is 11.8 Å². The lowest BCUT2D eigenvalue weighted by Crippen LogP contribution is -2.50. The maximum Gasteiger partial charge on any atom is 0.326 e. The van der Waals surface area contributed by atoms with Crippen LogP contribution < -0.4 is 31.2 Å². The Balaban J connectivity index is 1.51. The number of aromatic amines is 1. The number of carbonyl (C=O) groups excluding carboxylic acids is 4. The summed E-state index contributed by atoms with van der Waals surface area (Å²) in [6, 6.07) is 0.114. The van der Waals surface area contributed by atoms with E-state index in [0.717, 1.165) is 66.2 Å². The van der Waals surface area contributed by atoms with E-state index in [1.165, 1.54) is 50.7 Å². The number of amides is 3. The Bertz CT molecular complexity index is 2420. The highest BCUT2D eigenvalue weighted by atomic mass is 32.2. The van der Waals surface area contributed by atoms with Gasteiger partial charge < -0.3 is 56.6 Å². The molecule has 0 saturated heterocycles. The molecule has 0 bridgehead atoms. The van der Waals surface area contributed by atoms with Crippen LogP contribution in [0.4, 0.5) is 0 Å². The summed E-state index contributed by atoms with van der Waals surface area (Å²) >= 11 is 0.720. The third-order valence-electron chi connectivity index (χ3n) is 14.0. The molecule has 0 aliphatic carbocycles. The number of carboxylic acid groups (broad SMARTS) is 3. The molecule has 4 rings (SSSR count). The Morgan fingerprint density at radius 1 is 0.836 bits per heavy atom. The SMILES string of the molecule is Cc1c(C)c2c(c(C)c1OC(=O)CC(SCC(NC(=O)CCC(N)C(=O)O)C(=O)NCC(=O)O)C(=O)NC(Cc1c[nH]c3ccc(O)cc13)C(=O)O)CC[C@@](C)(CCC[C@H](C)CCC[C@H](C)CCCC(C)C)O2. The summed E-state index contributed by atoms with van der Waals surface area (Å²) in [6.07, 6.45) is 12.1. The summed E-state index contributed by atoms with van der Waals surface area (Å²) in [6.45, 7) is 16.2. The summed E-state index contributed by atoms with van der Waals surface area (Å²) in [5, 5.41) is 45.0. The summed E-state index contributed by atoms with van der Waals surface area (Å²) in [5.74, 6) is -4.93. The largest absolute Gasteiger partial charge is 0.508 e. The first-order chi connectivity index (χ1) is 34.4. The molecule has 3 aromatic rings. The molecule has 10 N–H and O–H groups in total. The summed E-state index contributed by atoms with van der Waals surface area (Å²) in [5.41, 5.74) is 9.33. The van der Waals surface area contributed by atoms with Crippen LogP contribution in [0.25, 0.3) is 10.9 Å². The van der Waals surface area contributed by atoms with Gasteiger partial charge >= 0.3 is 23.9 Å². The second kappa shape index (κ2) is 28.0. The topological polar surface area (TPSA) is 297 Å². The van der Waals surface area contributed by atoms with Gasteiger partial charge in [-0.2, -0.15) is 0 Å². The van der Waals surface area contributed by atoms with Crippen molar-refractivity contribution in [3.8, 4) is 17.2 Å². The molecule has 73 heavy (non-hydrogen) atoms. The Labute approximate surface area is 433 Å². The normalized spacial score (nSPS) is 16.8. The van der Waals surface area contributed by atoms with Gasteiger partial charge in [-0.25, -0.2) is 4.79 Å². The number of aromatic nitrogens is 1. The zero-order chi connectivity index (χ0) is 54.2. The van der Waals surface area contributed by atoms with Crippen LogP contribution in [0.15, 0.2) is 24.4 Å². The number of carbonyl (C=O) groups is 7. The van der Waals surface area contributed by atoms with Gasteiger partial charge in [-0.05, 0) is 118 Å². The van der Waals surface area contributed by atoms with Gasteiger partial charge in [0.2, 0.25) is 17.7 Å². The maximum absolute atomic E-state index is 14.2. The van der Waals surface area contributed by atoms with E-state index in [2.05, 4.69) is 55.6 Å². The maximum atomic E-state index is 14.2. The number of esters is 1. The van der Waals surface area contributed by atoms with E-state index in [-0.39, 0.29) is 24.2 Å². The van der Waals surface area contributed by atoms with E-state index < -0.39 is 90.1 Å². The predicted molar refractivity (Wildman–Crippen MR) is 280 cm³/mol. The molecule has 0 radical (unpaired) electrons. The van der Waals surface area contributed by atoms with Crippen LogP contribution in [0.5, 0.6) is 17.2 Å². The Morgan fingerprint density at radius 2 is 1.49 bits per heavy atom. The average molecular weight is 1040 g/mol. The van der Waals surface area contributed by atoms with Crippen molar-refractivity contribution >= 4 is 64.3 Å². The fourth-order valence-electron chi connectivity index (χ4n) is 9.33. The molecule has 18 nitrogen and oxygen atoms in total. The number of nitrogens with one attached hydrogen (secondary N) is 4. The van der Waals surface area contributed by atoms with E-state index >= 15 is 0 Å². The third kappa shape index (κ3) is 18.6. The minimum Gasteiger partial charge on any atom is -0.508 e. The summed E-state index contributed by atoms with van der Waals surface area (Å²) in [4.78, 5) is 92.8. The average Bonchev–Trinajstić information content (AvgIpc) is 3.71. The van der Waals surface area contributed by atoms with Crippen molar-refractivity contribution in [1.29, 1.82) is 0 Å². The van der Waals surface area contributed by atoms with Crippen molar-refractivity contribution in [2.75, 3.05) is 12.3 Å². The van der Waals surface area contributed by atoms with Crippen LogP contribution in [0, 0.1) is 38.5 Å². The first-order valence-electron chi connectivity index (χ1n) is 25.6. The number of thioether (sulfide) groups is 1. The second-order valence-electron chi connectivity index (χ2n) is 20.8. The van der Waals surface area contributed by atoms with Crippen LogP contribution in [-0.4, -0.2) is 108 Å². The van der Waals surface area contributed by atoms with E-state index in [1.54, 1.807) is 12.3 Å². The van der Waals surface area contributed by atoms with Crippen LogP contribution in [0.2, 0.25) is 0 Å². The molecule has 0 fully saturated rings. The van der Waals surface area contributed by atoms with Crippen molar-refractivity contribution < 1.29 is 63.5 Å². The van der Waals surface area contributed by atoms with Crippen molar-refractivity contribution in [3.05, 3.63) is 52.2 Å². The fraction of sp³-hybridized carbons (Fsp3) is 0.611. The lowest BCUT2D eigenvalue weighted by atomic mass is 9.83. The minimum atomic E-state index is -1.54.